The fourth-order valence-corrected chi connectivity index (χ4v) is 2.08. The maximum atomic E-state index is 5.82. The lowest BCUT2D eigenvalue weighted by Gasteiger charge is -2.32. The fraction of sp³-hybridized carbons (Fsp3) is 0.462. The highest BCUT2D eigenvalue weighted by molar-refractivity contribution is 6.30. The molecule has 1 aromatic rings. The van der Waals surface area contributed by atoms with Crippen LogP contribution in [0.3, 0.4) is 0 Å². The summed E-state index contributed by atoms with van der Waals surface area (Å²) in [5.41, 5.74) is 0. The summed E-state index contributed by atoms with van der Waals surface area (Å²) in [6, 6.07) is 7.43. The van der Waals surface area contributed by atoms with Crippen molar-refractivity contribution in [2.24, 2.45) is 0 Å². The molecule has 16 heavy (non-hydrogen) atoms. The van der Waals surface area contributed by atoms with E-state index in [1.54, 1.807) is 0 Å². The van der Waals surface area contributed by atoms with E-state index in [1.165, 1.54) is 19.3 Å². The molecular weight excluding hydrogens is 222 g/mol. The molecule has 1 aliphatic heterocycles. The van der Waals surface area contributed by atoms with E-state index in [0.717, 1.165) is 23.9 Å². The minimum absolute atomic E-state index is 0.0959. The topological polar surface area (TPSA) is 12.5 Å². The van der Waals surface area contributed by atoms with Crippen molar-refractivity contribution in [1.82, 2.24) is 4.90 Å². The highest BCUT2D eigenvalue weighted by Crippen LogP contribution is 2.19. The highest BCUT2D eigenvalue weighted by atomic mass is 35.5. The smallest absolute Gasteiger partial charge is 0.152 e. The second-order valence-corrected chi connectivity index (χ2v) is 4.56. The fourth-order valence-electron chi connectivity index (χ4n) is 1.95. The molecule has 1 saturated heterocycles. The van der Waals surface area contributed by atoms with Gasteiger partial charge in [0.1, 0.15) is 5.75 Å². The minimum atomic E-state index is -0.0959. The molecule has 1 heterocycles. The van der Waals surface area contributed by atoms with Gasteiger partial charge >= 0.3 is 0 Å². The first kappa shape index (κ1) is 11.7. The third kappa shape index (κ3) is 3.13. The van der Waals surface area contributed by atoms with Gasteiger partial charge in [-0.15, -0.1) is 0 Å². The van der Waals surface area contributed by atoms with Gasteiger partial charge in [0, 0.05) is 25.0 Å². The third-order valence-corrected chi connectivity index (χ3v) is 3.14. The van der Waals surface area contributed by atoms with E-state index in [2.05, 4.69) is 11.8 Å². The Balaban J connectivity index is 1.90. The van der Waals surface area contributed by atoms with Crippen LogP contribution in [0, 0.1) is 6.92 Å². The predicted octanol–water partition coefficient (Wildman–Crippen LogP) is 3.36. The number of halogens is 1. The molecule has 0 N–H and O–H groups in total. The van der Waals surface area contributed by atoms with Gasteiger partial charge in [0.15, 0.2) is 6.23 Å². The molecule has 1 radical (unpaired) electrons. The molecule has 1 aromatic carbocycles. The molecular formula is C13H17ClNO. The summed E-state index contributed by atoms with van der Waals surface area (Å²) in [6.45, 7) is 6.22. The SMILES string of the molecule is [CH2]C(Oc1ccc(Cl)cc1)N1CCCCC1. The van der Waals surface area contributed by atoms with Gasteiger partial charge < -0.3 is 4.74 Å². The average molecular weight is 239 g/mol. The first-order chi connectivity index (χ1) is 7.75. The maximum absolute atomic E-state index is 5.82. The number of rotatable bonds is 3. The van der Waals surface area contributed by atoms with Crippen LogP contribution in [0.15, 0.2) is 24.3 Å². The van der Waals surface area contributed by atoms with Crippen molar-refractivity contribution in [2.45, 2.75) is 25.5 Å². The Morgan fingerprint density at radius 2 is 1.75 bits per heavy atom. The molecule has 0 aromatic heterocycles. The average Bonchev–Trinajstić information content (AvgIpc) is 2.33. The largest absolute Gasteiger partial charge is 0.475 e. The number of likely N-dealkylation sites (tertiary alicyclic amines) is 1. The van der Waals surface area contributed by atoms with E-state index in [4.69, 9.17) is 16.3 Å². The van der Waals surface area contributed by atoms with Gasteiger partial charge in [-0.1, -0.05) is 18.0 Å². The van der Waals surface area contributed by atoms with Gasteiger partial charge in [-0.25, -0.2) is 0 Å². The van der Waals surface area contributed by atoms with Crippen molar-refractivity contribution in [3.8, 4) is 5.75 Å². The molecule has 1 aliphatic rings. The summed E-state index contributed by atoms with van der Waals surface area (Å²) in [7, 11) is 0. The number of benzene rings is 1. The number of hydrogen-bond acceptors (Lipinski definition) is 2. The van der Waals surface area contributed by atoms with Crippen molar-refractivity contribution in [3.05, 3.63) is 36.2 Å². The van der Waals surface area contributed by atoms with E-state index in [1.807, 2.05) is 24.3 Å². The zero-order valence-electron chi connectivity index (χ0n) is 9.36. The minimum Gasteiger partial charge on any atom is -0.475 e. The molecule has 1 fully saturated rings. The van der Waals surface area contributed by atoms with Crippen LogP contribution in [0.1, 0.15) is 19.3 Å². The third-order valence-electron chi connectivity index (χ3n) is 2.88. The quantitative estimate of drug-likeness (QED) is 0.801. The van der Waals surface area contributed by atoms with Crippen LogP contribution >= 0.6 is 11.6 Å². The Morgan fingerprint density at radius 3 is 2.38 bits per heavy atom. The summed E-state index contributed by atoms with van der Waals surface area (Å²) in [4.78, 5) is 2.28. The molecule has 0 spiro atoms. The molecule has 87 valence electrons. The lowest BCUT2D eigenvalue weighted by Crippen LogP contribution is -2.40. The van der Waals surface area contributed by atoms with Crippen LogP contribution in [-0.2, 0) is 0 Å². The van der Waals surface area contributed by atoms with Crippen LogP contribution in [0.25, 0.3) is 0 Å². The van der Waals surface area contributed by atoms with Gasteiger partial charge in [0.05, 0.1) is 0 Å². The summed E-state index contributed by atoms with van der Waals surface area (Å²) >= 11 is 5.82. The van der Waals surface area contributed by atoms with Crippen LogP contribution in [-0.4, -0.2) is 24.2 Å². The van der Waals surface area contributed by atoms with Crippen molar-refractivity contribution < 1.29 is 4.74 Å². The van der Waals surface area contributed by atoms with Crippen molar-refractivity contribution in [3.63, 3.8) is 0 Å². The van der Waals surface area contributed by atoms with Crippen LogP contribution < -0.4 is 4.74 Å². The zero-order chi connectivity index (χ0) is 11.4. The Kier molecular flexibility index (Phi) is 4.08. The van der Waals surface area contributed by atoms with Gasteiger partial charge in [-0.05, 0) is 37.1 Å². The number of nitrogens with zero attached hydrogens (tertiary/aromatic N) is 1. The predicted molar refractivity (Wildman–Crippen MR) is 66.6 cm³/mol. The molecule has 1 atom stereocenters. The standard InChI is InChI=1S/C13H17ClNO/c1-11(15-9-3-2-4-10-15)16-13-7-5-12(14)6-8-13/h5-8,11H,1-4,9-10H2. The molecule has 2 nitrogen and oxygen atoms in total. The molecule has 2 rings (SSSR count). The van der Waals surface area contributed by atoms with Gasteiger partial charge in [0.25, 0.3) is 0 Å². The van der Waals surface area contributed by atoms with Crippen LogP contribution in [0.4, 0.5) is 0 Å². The van der Waals surface area contributed by atoms with Crippen molar-refractivity contribution >= 4 is 11.6 Å². The highest BCUT2D eigenvalue weighted by Gasteiger charge is 2.17. The zero-order valence-corrected chi connectivity index (χ0v) is 10.1. The van der Waals surface area contributed by atoms with Crippen molar-refractivity contribution in [1.29, 1.82) is 0 Å². The maximum Gasteiger partial charge on any atom is 0.152 e. The van der Waals surface area contributed by atoms with Gasteiger partial charge in [-0.2, -0.15) is 0 Å². The first-order valence-corrected chi connectivity index (χ1v) is 6.13. The lowest BCUT2D eigenvalue weighted by molar-refractivity contribution is 0.0452. The van der Waals surface area contributed by atoms with E-state index < -0.39 is 0 Å². The summed E-state index contributed by atoms with van der Waals surface area (Å²) in [6.07, 6.45) is 3.72. The van der Waals surface area contributed by atoms with Gasteiger partial charge in [-0.3, -0.25) is 4.90 Å². The normalized spacial score (nSPS) is 19.4. The van der Waals surface area contributed by atoms with E-state index >= 15 is 0 Å². The number of piperidine rings is 1. The molecule has 0 amide bonds. The van der Waals surface area contributed by atoms with E-state index in [-0.39, 0.29) is 6.23 Å². The molecule has 3 heteroatoms. The van der Waals surface area contributed by atoms with Crippen LogP contribution in [0.5, 0.6) is 5.75 Å². The van der Waals surface area contributed by atoms with E-state index in [0.29, 0.717) is 0 Å². The number of hydrogen-bond donors (Lipinski definition) is 0. The van der Waals surface area contributed by atoms with Gasteiger partial charge in [0.2, 0.25) is 0 Å². The summed E-state index contributed by atoms with van der Waals surface area (Å²) in [5.74, 6) is 0.829. The molecule has 0 aliphatic carbocycles. The molecule has 0 bridgehead atoms. The van der Waals surface area contributed by atoms with Crippen molar-refractivity contribution in [2.75, 3.05) is 13.1 Å². The van der Waals surface area contributed by atoms with Crippen LogP contribution in [0.2, 0.25) is 5.02 Å². The Bertz CT molecular complexity index is 319. The Morgan fingerprint density at radius 1 is 1.12 bits per heavy atom. The molecule has 0 saturated carbocycles. The monoisotopic (exact) mass is 238 g/mol. The lowest BCUT2D eigenvalue weighted by atomic mass is 10.1. The first-order valence-electron chi connectivity index (χ1n) is 5.75. The molecule has 1 unspecified atom stereocenters. The Labute approximate surface area is 102 Å². The van der Waals surface area contributed by atoms with E-state index in [9.17, 15) is 0 Å². The second kappa shape index (κ2) is 5.55. The Hall–Kier alpha value is -0.730. The number of ether oxygens (including phenoxy) is 1. The summed E-state index contributed by atoms with van der Waals surface area (Å²) in [5, 5.41) is 0.728. The summed E-state index contributed by atoms with van der Waals surface area (Å²) < 4.78 is 5.76. The second-order valence-electron chi connectivity index (χ2n) is 4.12.